The summed E-state index contributed by atoms with van der Waals surface area (Å²) < 4.78 is 45.6. The van der Waals surface area contributed by atoms with Gasteiger partial charge in [0.25, 0.3) is 0 Å². The second-order valence-electron chi connectivity index (χ2n) is 7.15. The quantitative estimate of drug-likeness (QED) is 0.715. The molecule has 3 rings (SSSR count). The second-order valence-corrected chi connectivity index (χ2v) is 9.04. The number of benzene rings is 2. The third kappa shape index (κ3) is 4.42. The number of piperidine rings is 1. The van der Waals surface area contributed by atoms with E-state index in [0.717, 1.165) is 36.1 Å². The Morgan fingerprint density at radius 3 is 2.57 bits per heavy atom. The van der Waals surface area contributed by atoms with Crippen LogP contribution in [0.4, 0.5) is 4.39 Å². The van der Waals surface area contributed by atoms with Gasteiger partial charge < -0.3 is 4.74 Å². The van der Waals surface area contributed by atoms with Crippen molar-refractivity contribution in [1.82, 2.24) is 4.31 Å². The average molecular weight is 405 g/mol. The number of halogens is 1. The number of sulfonamides is 1. The minimum atomic E-state index is -3.71. The fraction of sp³-hybridized carbons (Fsp3) is 0.381. The first-order chi connectivity index (χ1) is 13.3. The van der Waals surface area contributed by atoms with Crippen molar-refractivity contribution in [2.45, 2.75) is 43.0 Å². The van der Waals surface area contributed by atoms with Gasteiger partial charge in [-0.05, 0) is 61.1 Å². The summed E-state index contributed by atoms with van der Waals surface area (Å²) in [5.74, 6) is -0.745. The van der Waals surface area contributed by atoms with Crippen LogP contribution in [0, 0.1) is 5.82 Å². The predicted molar refractivity (Wildman–Crippen MR) is 104 cm³/mol. The van der Waals surface area contributed by atoms with Crippen molar-refractivity contribution in [3.8, 4) is 0 Å². The summed E-state index contributed by atoms with van der Waals surface area (Å²) >= 11 is 0. The minimum Gasteiger partial charge on any atom is -0.469 e. The molecule has 0 spiro atoms. The van der Waals surface area contributed by atoms with Crippen LogP contribution in [0.25, 0.3) is 0 Å². The molecule has 0 saturated carbocycles. The van der Waals surface area contributed by atoms with E-state index >= 15 is 0 Å². The molecule has 0 aromatic heterocycles. The van der Waals surface area contributed by atoms with Crippen LogP contribution < -0.4 is 0 Å². The molecule has 0 radical (unpaired) electrons. The highest BCUT2D eigenvalue weighted by Crippen LogP contribution is 2.34. The smallest absolute Gasteiger partial charge is 0.309 e. The first-order valence-corrected chi connectivity index (χ1v) is 10.7. The van der Waals surface area contributed by atoms with Gasteiger partial charge >= 0.3 is 5.97 Å². The Hall–Kier alpha value is -2.25. The van der Waals surface area contributed by atoms with E-state index in [2.05, 4.69) is 0 Å². The van der Waals surface area contributed by atoms with E-state index in [1.165, 1.54) is 23.5 Å². The van der Waals surface area contributed by atoms with Crippen LogP contribution in [0.5, 0.6) is 0 Å². The summed E-state index contributed by atoms with van der Waals surface area (Å²) in [4.78, 5) is 11.6. The molecule has 0 amide bonds. The van der Waals surface area contributed by atoms with Gasteiger partial charge in [-0.3, -0.25) is 4.79 Å². The zero-order chi connectivity index (χ0) is 20.3. The Kier molecular flexibility index (Phi) is 6.15. The van der Waals surface area contributed by atoms with Crippen LogP contribution in [-0.4, -0.2) is 38.4 Å². The molecule has 1 aliphatic heterocycles. The summed E-state index contributed by atoms with van der Waals surface area (Å²) in [5, 5.41) is 0. The van der Waals surface area contributed by atoms with Gasteiger partial charge in [-0.25, -0.2) is 12.8 Å². The van der Waals surface area contributed by atoms with E-state index < -0.39 is 15.8 Å². The Morgan fingerprint density at radius 2 is 1.89 bits per heavy atom. The van der Waals surface area contributed by atoms with Crippen molar-refractivity contribution in [3.63, 3.8) is 0 Å². The van der Waals surface area contributed by atoms with Gasteiger partial charge in [0.15, 0.2) is 0 Å². The van der Waals surface area contributed by atoms with Crippen LogP contribution in [0.15, 0.2) is 53.4 Å². The third-order valence-corrected chi connectivity index (χ3v) is 7.24. The van der Waals surface area contributed by atoms with Gasteiger partial charge in [0.2, 0.25) is 10.0 Å². The van der Waals surface area contributed by atoms with Crippen molar-refractivity contribution in [1.29, 1.82) is 0 Å². The number of nitrogens with zero attached hydrogens (tertiary/aromatic N) is 1. The van der Waals surface area contributed by atoms with E-state index in [9.17, 15) is 17.6 Å². The van der Waals surface area contributed by atoms with Crippen molar-refractivity contribution in [2.24, 2.45) is 0 Å². The molecular formula is C21H24FNO4S. The molecule has 0 aliphatic carbocycles. The van der Waals surface area contributed by atoms with E-state index in [4.69, 9.17) is 4.74 Å². The van der Waals surface area contributed by atoms with Crippen LogP contribution >= 0.6 is 0 Å². The lowest BCUT2D eigenvalue weighted by atomic mass is 9.88. The average Bonchev–Trinajstić information content (AvgIpc) is 2.68. The van der Waals surface area contributed by atoms with Crippen molar-refractivity contribution >= 4 is 16.0 Å². The second kappa shape index (κ2) is 8.41. The first-order valence-electron chi connectivity index (χ1n) is 9.24. The summed E-state index contributed by atoms with van der Waals surface area (Å²) in [6.07, 6.45) is 1.77. The maximum Gasteiger partial charge on any atom is 0.309 e. The minimum absolute atomic E-state index is 0.0315. The Balaban J connectivity index is 1.84. The van der Waals surface area contributed by atoms with Crippen molar-refractivity contribution < 1.29 is 22.3 Å². The molecule has 2 unspecified atom stereocenters. The van der Waals surface area contributed by atoms with Gasteiger partial charge in [-0.2, -0.15) is 4.31 Å². The highest BCUT2D eigenvalue weighted by Gasteiger charge is 2.35. The molecule has 1 aliphatic rings. The van der Waals surface area contributed by atoms with Crippen LogP contribution in [0.1, 0.15) is 36.8 Å². The van der Waals surface area contributed by atoms with Gasteiger partial charge in [0.1, 0.15) is 5.82 Å². The largest absolute Gasteiger partial charge is 0.469 e. The molecule has 2 atom stereocenters. The van der Waals surface area contributed by atoms with Crippen LogP contribution in [0.3, 0.4) is 0 Å². The van der Waals surface area contributed by atoms with Gasteiger partial charge in [0, 0.05) is 12.6 Å². The number of carbonyl (C=O) groups excluding carboxylic acids is 1. The number of methoxy groups -OCH3 is 1. The first kappa shape index (κ1) is 20.5. The van der Waals surface area contributed by atoms with E-state index in [1.807, 2.05) is 31.2 Å². The lowest BCUT2D eigenvalue weighted by Crippen LogP contribution is -2.44. The molecule has 1 heterocycles. The predicted octanol–water partition coefficient (Wildman–Crippen LogP) is 3.50. The van der Waals surface area contributed by atoms with E-state index in [1.54, 1.807) is 0 Å². The normalized spacial score (nSPS) is 20.7. The molecule has 28 heavy (non-hydrogen) atoms. The summed E-state index contributed by atoms with van der Waals surface area (Å²) in [7, 11) is -2.36. The maximum atomic E-state index is 13.2. The van der Waals surface area contributed by atoms with E-state index in [0.29, 0.717) is 6.54 Å². The number of esters is 1. The fourth-order valence-electron chi connectivity index (χ4n) is 3.62. The van der Waals surface area contributed by atoms with Gasteiger partial charge in [-0.1, -0.05) is 24.3 Å². The number of hydrogen-bond donors (Lipinski definition) is 0. The molecule has 5 nitrogen and oxygen atoms in total. The lowest BCUT2D eigenvalue weighted by molar-refractivity contribution is -0.139. The number of rotatable bonds is 5. The summed E-state index contributed by atoms with van der Waals surface area (Å²) in [6.45, 7) is 2.24. The number of carbonyl (C=O) groups is 1. The molecule has 150 valence electrons. The van der Waals surface area contributed by atoms with Gasteiger partial charge in [0.05, 0.1) is 18.4 Å². The molecule has 7 heteroatoms. The lowest BCUT2D eigenvalue weighted by Gasteiger charge is -2.37. The highest BCUT2D eigenvalue weighted by atomic mass is 32.2. The maximum absolute atomic E-state index is 13.2. The summed E-state index contributed by atoms with van der Waals surface area (Å²) in [5.41, 5.74) is 1.85. The molecule has 1 fully saturated rings. The number of ether oxygens (including phenoxy) is 1. The highest BCUT2D eigenvalue weighted by molar-refractivity contribution is 7.89. The standard InChI is InChI=1S/C21H24FNO4S/c1-15-6-7-18(17-5-3-4-16(12-17)13-21(24)27-2)14-23(15)28(25,26)20-10-8-19(22)9-11-20/h3-5,8-12,15,18H,6-7,13-14H2,1-2H3. The fourth-order valence-corrected chi connectivity index (χ4v) is 5.33. The molecule has 0 N–H and O–H groups in total. The van der Waals surface area contributed by atoms with Crippen LogP contribution in [0.2, 0.25) is 0 Å². The van der Waals surface area contributed by atoms with Gasteiger partial charge in [-0.15, -0.1) is 0 Å². The Bertz CT molecular complexity index is 943. The Labute approximate surface area is 165 Å². The summed E-state index contributed by atoms with van der Waals surface area (Å²) in [6, 6.07) is 12.4. The molecule has 1 saturated heterocycles. The van der Waals surface area contributed by atoms with Crippen molar-refractivity contribution in [2.75, 3.05) is 13.7 Å². The Morgan fingerprint density at radius 1 is 1.18 bits per heavy atom. The number of hydrogen-bond acceptors (Lipinski definition) is 4. The SMILES string of the molecule is COC(=O)Cc1cccc(C2CCC(C)N(S(=O)(=O)c3ccc(F)cc3)C2)c1. The molecule has 0 bridgehead atoms. The monoisotopic (exact) mass is 405 g/mol. The molecular weight excluding hydrogens is 381 g/mol. The molecule has 2 aromatic carbocycles. The topological polar surface area (TPSA) is 63.7 Å². The van der Waals surface area contributed by atoms with E-state index in [-0.39, 0.29) is 29.2 Å². The zero-order valence-electron chi connectivity index (χ0n) is 16.0. The third-order valence-electron chi connectivity index (χ3n) is 5.24. The van der Waals surface area contributed by atoms with Crippen molar-refractivity contribution in [3.05, 3.63) is 65.5 Å². The molecule has 2 aromatic rings. The zero-order valence-corrected chi connectivity index (χ0v) is 16.8. The van der Waals surface area contributed by atoms with Crippen LogP contribution in [-0.2, 0) is 26.0 Å².